The highest BCUT2D eigenvalue weighted by Gasteiger charge is 2.02. The van der Waals surface area contributed by atoms with Gasteiger partial charge in [-0.2, -0.15) is 0 Å². The molecular formula is C16H24O. The van der Waals surface area contributed by atoms with Gasteiger partial charge in [0.15, 0.2) is 0 Å². The van der Waals surface area contributed by atoms with Gasteiger partial charge in [-0.05, 0) is 55.9 Å². The Kier molecular flexibility index (Phi) is 6.46. The van der Waals surface area contributed by atoms with Crippen LogP contribution in [0.5, 0.6) is 5.75 Å². The Labute approximate surface area is 106 Å². The van der Waals surface area contributed by atoms with Crippen LogP contribution in [0.25, 0.3) is 0 Å². The number of hydrogen-bond donors (Lipinski definition) is 0. The van der Waals surface area contributed by atoms with Gasteiger partial charge in [-0.15, -0.1) is 0 Å². The first kappa shape index (κ1) is 13.8. The lowest BCUT2D eigenvalue weighted by Crippen LogP contribution is -1.98. The Morgan fingerprint density at radius 2 is 2.00 bits per heavy atom. The first-order valence-corrected chi connectivity index (χ1v) is 6.67. The van der Waals surface area contributed by atoms with Crippen LogP contribution in [0, 0.1) is 0 Å². The van der Waals surface area contributed by atoms with E-state index in [-0.39, 0.29) is 0 Å². The van der Waals surface area contributed by atoms with Crippen molar-refractivity contribution in [3.8, 4) is 5.75 Å². The zero-order valence-corrected chi connectivity index (χ0v) is 11.3. The molecule has 1 aromatic carbocycles. The number of aryl methyl sites for hydroxylation is 2. The Morgan fingerprint density at radius 3 is 2.65 bits per heavy atom. The number of benzene rings is 1. The number of hydrogen-bond acceptors (Lipinski definition) is 1. The lowest BCUT2D eigenvalue weighted by atomic mass is 10.0. The van der Waals surface area contributed by atoms with E-state index in [1.807, 2.05) is 0 Å². The molecule has 0 aliphatic heterocycles. The van der Waals surface area contributed by atoms with Crippen LogP contribution in [-0.4, -0.2) is 6.61 Å². The van der Waals surface area contributed by atoms with Crippen LogP contribution in [-0.2, 0) is 12.8 Å². The molecule has 0 amide bonds. The summed E-state index contributed by atoms with van der Waals surface area (Å²) in [5, 5.41) is 0. The van der Waals surface area contributed by atoms with Gasteiger partial charge in [-0.1, -0.05) is 32.1 Å². The van der Waals surface area contributed by atoms with Crippen LogP contribution in [0.4, 0.5) is 0 Å². The van der Waals surface area contributed by atoms with E-state index in [0.717, 1.165) is 38.0 Å². The topological polar surface area (TPSA) is 9.23 Å². The van der Waals surface area contributed by atoms with Crippen LogP contribution in [0.2, 0.25) is 0 Å². The van der Waals surface area contributed by atoms with Crippen LogP contribution in [0.3, 0.4) is 0 Å². The summed E-state index contributed by atoms with van der Waals surface area (Å²) in [6.45, 7) is 7.22. The predicted octanol–water partition coefficient (Wildman–Crippen LogP) is 4.55. The molecule has 0 aliphatic carbocycles. The van der Waals surface area contributed by atoms with Gasteiger partial charge in [0.1, 0.15) is 5.75 Å². The number of rotatable bonds is 7. The fourth-order valence-electron chi connectivity index (χ4n) is 1.89. The van der Waals surface area contributed by atoms with Crippen LogP contribution in [0.1, 0.15) is 44.7 Å². The molecule has 0 unspecified atom stereocenters. The highest BCUT2D eigenvalue weighted by atomic mass is 16.5. The smallest absolute Gasteiger partial charge is 0.119 e. The molecule has 0 N–H and O–H groups in total. The van der Waals surface area contributed by atoms with Crippen molar-refractivity contribution in [1.82, 2.24) is 0 Å². The van der Waals surface area contributed by atoms with Crippen molar-refractivity contribution >= 4 is 0 Å². The lowest BCUT2D eigenvalue weighted by Gasteiger charge is -2.10. The summed E-state index contributed by atoms with van der Waals surface area (Å²) >= 11 is 0. The van der Waals surface area contributed by atoms with E-state index in [9.17, 15) is 0 Å². The molecule has 0 spiro atoms. The fourth-order valence-corrected chi connectivity index (χ4v) is 1.89. The average molecular weight is 232 g/mol. The second-order valence-corrected chi connectivity index (χ2v) is 4.24. The van der Waals surface area contributed by atoms with Gasteiger partial charge in [-0.3, -0.25) is 0 Å². The van der Waals surface area contributed by atoms with Crippen molar-refractivity contribution < 1.29 is 4.74 Å². The van der Waals surface area contributed by atoms with Gasteiger partial charge < -0.3 is 4.74 Å². The minimum atomic E-state index is 0.807. The maximum atomic E-state index is 5.66. The molecule has 0 saturated heterocycles. The van der Waals surface area contributed by atoms with Gasteiger partial charge in [-0.25, -0.2) is 0 Å². The molecule has 94 valence electrons. The second kappa shape index (κ2) is 7.94. The van der Waals surface area contributed by atoms with Crippen molar-refractivity contribution in [2.75, 3.05) is 6.61 Å². The summed E-state index contributed by atoms with van der Waals surface area (Å²) in [7, 11) is 0. The van der Waals surface area contributed by atoms with Crippen molar-refractivity contribution in [2.45, 2.75) is 46.5 Å². The molecule has 0 heterocycles. The van der Waals surface area contributed by atoms with Crippen LogP contribution >= 0.6 is 0 Å². The van der Waals surface area contributed by atoms with E-state index in [1.54, 1.807) is 0 Å². The molecule has 0 atom stereocenters. The van der Waals surface area contributed by atoms with Gasteiger partial charge >= 0.3 is 0 Å². The predicted molar refractivity (Wildman–Crippen MR) is 74.7 cm³/mol. The summed E-state index contributed by atoms with van der Waals surface area (Å²) in [6.07, 6.45) is 8.73. The Bertz CT molecular complexity index is 353. The molecule has 0 bridgehead atoms. The third kappa shape index (κ3) is 4.64. The van der Waals surface area contributed by atoms with Crippen molar-refractivity contribution in [1.29, 1.82) is 0 Å². The molecular weight excluding hydrogens is 208 g/mol. The third-order valence-corrected chi connectivity index (χ3v) is 2.85. The van der Waals surface area contributed by atoms with Crippen molar-refractivity contribution in [2.24, 2.45) is 0 Å². The Morgan fingerprint density at radius 1 is 1.18 bits per heavy atom. The van der Waals surface area contributed by atoms with Crippen LogP contribution in [0.15, 0.2) is 30.4 Å². The summed E-state index contributed by atoms with van der Waals surface area (Å²) in [4.78, 5) is 0. The zero-order chi connectivity index (χ0) is 12.5. The SMILES string of the molecule is C/C=C\CCc1ccc(OCCC)cc1CC. The van der Waals surface area contributed by atoms with Gasteiger partial charge in [0.2, 0.25) is 0 Å². The van der Waals surface area contributed by atoms with E-state index in [2.05, 4.69) is 51.1 Å². The first-order valence-electron chi connectivity index (χ1n) is 6.67. The monoisotopic (exact) mass is 232 g/mol. The highest BCUT2D eigenvalue weighted by Crippen LogP contribution is 2.20. The van der Waals surface area contributed by atoms with Gasteiger partial charge in [0.05, 0.1) is 6.61 Å². The molecule has 0 aromatic heterocycles. The number of ether oxygens (including phenoxy) is 1. The van der Waals surface area contributed by atoms with Gasteiger partial charge in [0, 0.05) is 0 Å². The molecule has 1 nitrogen and oxygen atoms in total. The highest BCUT2D eigenvalue weighted by molar-refractivity contribution is 5.36. The van der Waals surface area contributed by atoms with E-state index >= 15 is 0 Å². The van der Waals surface area contributed by atoms with E-state index in [0.29, 0.717) is 0 Å². The summed E-state index contributed by atoms with van der Waals surface area (Å²) in [5.74, 6) is 1.01. The molecule has 0 saturated carbocycles. The molecule has 1 rings (SSSR count). The fraction of sp³-hybridized carbons (Fsp3) is 0.500. The molecule has 0 fully saturated rings. The van der Waals surface area contributed by atoms with Gasteiger partial charge in [0.25, 0.3) is 0 Å². The third-order valence-electron chi connectivity index (χ3n) is 2.85. The first-order chi connectivity index (χ1) is 8.31. The molecule has 1 aromatic rings. The zero-order valence-electron chi connectivity index (χ0n) is 11.3. The minimum absolute atomic E-state index is 0.807. The average Bonchev–Trinajstić information content (AvgIpc) is 2.37. The largest absolute Gasteiger partial charge is 0.494 e. The van der Waals surface area contributed by atoms with E-state index < -0.39 is 0 Å². The normalized spacial score (nSPS) is 11.0. The van der Waals surface area contributed by atoms with E-state index in [1.165, 1.54) is 11.1 Å². The molecule has 0 radical (unpaired) electrons. The maximum absolute atomic E-state index is 5.66. The maximum Gasteiger partial charge on any atom is 0.119 e. The van der Waals surface area contributed by atoms with Crippen molar-refractivity contribution in [3.05, 3.63) is 41.5 Å². The quantitative estimate of drug-likeness (QED) is 0.627. The molecule has 1 heteroatoms. The minimum Gasteiger partial charge on any atom is -0.494 e. The van der Waals surface area contributed by atoms with E-state index in [4.69, 9.17) is 4.74 Å². The molecule has 17 heavy (non-hydrogen) atoms. The lowest BCUT2D eigenvalue weighted by molar-refractivity contribution is 0.317. The van der Waals surface area contributed by atoms with Crippen molar-refractivity contribution in [3.63, 3.8) is 0 Å². The summed E-state index contributed by atoms with van der Waals surface area (Å²) in [5.41, 5.74) is 2.87. The summed E-state index contributed by atoms with van der Waals surface area (Å²) in [6, 6.07) is 6.51. The number of allylic oxidation sites excluding steroid dienone is 2. The standard InChI is InChI=1S/C16H24O/c1-4-7-8-9-15-10-11-16(17-12-5-2)13-14(15)6-3/h4,7,10-11,13H,5-6,8-9,12H2,1-3H3/b7-4-. The Balaban J connectivity index is 2.70. The Hall–Kier alpha value is -1.24. The second-order valence-electron chi connectivity index (χ2n) is 4.24. The molecule has 0 aliphatic rings. The van der Waals surface area contributed by atoms with Crippen LogP contribution < -0.4 is 4.74 Å². The summed E-state index contributed by atoms with van der Waals surface area (Å²) < 4.78 is 5.66.